The highest BCUT2D eigenvalue weighted by Crippen LogP contribution is 2.19. The van der Waals surface area contributed by atoms with Crippen molar-refractivity contribution in [2.24, 2.45) is 11.6 Å². The number of hydrogen-bond donors (Lipinski definition) is 2. The fourth-order valence-electron chi connectivity index (χ4n) is 2.06. The number of amides is 1. The molecule has 1 unspecified atom stereocenters. The molecule has 0 aromatic carbocycles. The summed E-state index contributed by atoms with van der Waals surface area (Å²) < 4.78 is 7.18. The van der Waals surface area contributed by atoms with Crippen LogP contribution in [0, 0.1) is 5.92 Å². The van der Waals surface area contributed by atoms with E-state index in [0.29, 0.717) is 19.4 Å². The van der Waals surface area contributed by atoms with Crippen molar-refractivity contribution < 1.29 is 16.1 Å². The summed E-state index contributed by atoms with van der Waals surface area (Å²) in [5, 5.41) is 9.01. The monoisotopic (exact) mass is 230 g/mol. The smallest absolute Gasteiger partial charge is 0.326 e. The Morgan fingerprint density at radius 1 is 1.62 bits per heavy atom. The van der Waals surface area contributed by atoms with E-state index >= 15 is 0 Å². The summed E-state index contributed by atoms with van der Waals surface area (Å²) in [5.74, 6) is -0.935. The molecule has 16 heavy (non-hydrogen) atoms. The number of nitrogens with two attached hydrogens (primary N) is 1. The second kappa shape index (κ2) is 5.30. The molecule has 92 valence electrons. The lowest BCUT2D eigenvalue weighted by Gasteiger charge is -2.25. The van der Waals surface area contributed by atoms with E-state index in [1.165, 1.54) is 4.90 Å². The second-order valence-corrected chi connectivity index (χ2v) is 4.71. The molecule has 1 fully saturated rings. The Morgan fingerprint density at radius 3 is 2.81 bits per heavy atom. The topological polar surface area (TPSA) is 83.6 Å². The second-order valence-electron chi connectivity index (χ2n) is 4.71. The average Bonchev–Trinajstić information content (AvgIpc) is 2.73. The molecule has 1 aliphatic rings. The molecule has 2 atom stereocenters. The van der Waals surface area contributed by atoms with Gasteiger partial charge in [-0.1, -0.05) is 13.8 Å². The average molecular weight is 230 g/mol. The van der Waals surface area contributed by atoms with Crippen LogP contribution in [-0.2, 0) is 9.59 Å². The number of carboxylic acids is 1. The van der Waals surface area contributed by atoms with E-state index in [2.05, 4.69) is 5.73 Å². The molecule has 0 saturated carbocycles. The van der Waals surface area contributed by atoms with Crippen LogP contribution in [0.3, 0.4) is 0 Å². The highest BCUT2D eigenvalue weighted by atomic mass is 16.4. The third-order valence-corrected chi connectivity index (χ3v) is 2.83. The number of likely N-dealkylation sites (tertiary alicyclic amines) is 1. The van der Waals surface area contributed by atoms with Crippen LogP contribution in [0.25, 0.3) is 0 Å². The first-order valence-corrected chi connectivity index (χ1v) is 5.68. The summed E-state index contributed by atoms with van der Waals surface area (Å²) in [6.45, 7) is 4.42. The standard InChI is InChI=1S/C11H20N2O3/c1-7(2)6-8(12)10(14)13-5-3-4-9(13)11(15)16/h7-9H,3-6,12H2,1-2H3,(H,15,16)/t8?,9-/m0/s1/i/hT. The van der Waals surface area contributed by atoms with Crippen LogP contribution in [0.4, 0.5) is 0 Å². The molecule has 0 aromatic rings. The number of carbonyl (C=O) groups excluding carboxylic acids is 1. The molecule has 0 aromatic heterocycles. The summed E-state index contributed by atoms with van der Waals surface area (Å²) >= 11 is 0. The Morgan fingerprint density at radius 2 is 2.31 bits per heavy atom. The molecule has 1 amide bonds. The highest BCUT2D eigenvalue weighted by molar-refractivity contribution is 5.87. The van der Waals surface area contributed by atoms with Gasteiger partial charge in [-0.3, -0.25) is 4.79 Å². The number of carboxylic acid groups (broad SMARTS) is 1. The number of hydrogen-bond acceptors (Lipinski definition) is 3. The molecule has 0 aliphatic carbocycles. The van der Waals surface area contributed by atoms with E-state index in [0.717, 1.165) is 6.42 Å². The zero-order valence-corrected chi connectivity index (χ0v) is 9.77. The van der Waals surface area contributed by atoms with Crippen molar-refractivity contribution in [3.63, 3.8) is 0 Å². The minimum absolute atomic E-state index is 0.265. The van der Waals surface area contributed by atoms with Crippen LogP contribution in [0.2, 0.25) is 1.41 Å². The predicted octanol–water partition coefficient (Wildman–Crippen LogP) is 0.435. The van der Waals surface area contributed by atoms with Gasteiger partial charge in [-0.2, -0.15) is 0 Å². The van der Waals surface area contributed by atoms with Gasteiger partial charge in [0.2, 0.25) is 5.91 Å². The van der Waals surface area contributed by atoms with Gasteiger partial charge in [0.15, 0.2) is 0 Å². The van der Waals surface area contributed by atoms with Gasteiger partial charge < -0.3 is 15.7 Å². The Bertz CT molecular complexity index is 296. The lowest BCUT2D eigenvalue weighted by Crippen LogP contribution is -2.48. The molecule has 1 saturated heterocycles. The fourth-order valence-corrected chi connectivity index (χ4v) is 2.06. The molecule has 5 nitrogen and oxygen atoms in total. The SMILES string of the molecule is [3H]NC(CC(C)C)C(=O)N1CCC[C@H]1C(=O)O. The van der Waals surface area contributed by atoms with E-state index in [-0.39, 0.29) is 11.8 Å². The molecule has 0 spiro atoms. The van der Waals surface area contributed by atoms with Gasteiger partial charge in [0.25, 0.3) is 0 Å². The summed E-state index contributed by atoms with van der Waals surface area (Å²) in [5.41, 5.74) is 2.24. The van der Waals surface area contributed by atoms with E-state index in [1.807, 2.05) is 13.8 Å². The van der Waals surface area contributed by atoms with Crippen LogP contribution >= 0.6 is 0 Å². The van der Waals surface area contributed by atoms with Crippen molar-refractivity contribution in [3.05, 3.63) is 0 Å². The summed E-state index contributed by atoms with van der Waals surface area (Å²) in [6, 6.07) is -1.32. The van der Waals surface area contributed by atoms with Crippen molar-refractivity contribution in [2.75, 3.05) is 6.54 Å². The van der Waals surface area contributed by atoms with Crippen molar-refractivity contribution in [1.82, 2.24) is 4.90 Å². The van der Waals surface area contributed by atoms with Gasteiger partial charge in [-0.05, 0) is 25.2 Å². The molecule has 0 bridgehead atoms. The summed E-state index contributed by atoms with van der Waals surface area (Å²) in [4.78, 5) is 24.5. The molecular formula is C11H20N2O3. The molecule has 1 heterocycles. The van der Waals surface area contributed by atoms with Crippen molar-refractivity contribution >= 4 is 11.9 Å². The normalized spacial score (nSPS) is 23.3. The van der Waals surface area contributed by atoms with Gasteiger partial charge >= 0.3 is 5.97 Å². The third kappa shape index (κ3) is 2.95. The number of nitrogens with zero attached hydrogens (tertiary/aromatic N) is 1. The van der Waals surface area contributed by atoms with Gasteiger partial charge in [0.05, 0.1) is 6.04 Å². The molecule has 1 rings (SSSR count). The number of rotatable bonds is 5. The number of aliphatic carboxylic acids is 1. The van der Waals surface area contributed by atoms with E-state index in [9.17, 15) is 9.59 Å². The van der Waals surface area contributed by atoms with Gasteiger partial charge in [-0.25, -0.2) is 4.79 Å². The van der Waals surface area contributed by atoms with Gasteiger partial charge in [0, 0.05) is 6.54 Å². The van der Waals surface area contributed by atoms with Crippen LogP contribution < -0.4 is 5.73 Å². The minimum atomic E-state index is -0.955. The van der Waals surface area contributed by atoms with E-state index < -0.39 is 18.1 Å². The Hall–Kier alpha value is -1.10. The van der Waals surface area contributed by atoms with Crippen LogP contribution in [0.1, 0.15) is 33.1 Å². The van der Waals surface area contributed by atoms with Crippen LogP contribution in [-0.4, -0.2) is 40.5 Å². The fraction of sp³-hybridized carbons (Fsp3) is 0.818. The van der Waals surface area contributed by atoms with Crippen molar-refractivity contribution in [2.45, 2.75) is 45.2 Å². The Labute approximate surface area is 97.1 Å². The zero-order chi connectivity index (χ0) is 13.0. The summed E-state index contributed by atoms with van der Waals surface area (Å²) in [6.07, 6.45) is 1.77. The first-order valence-electron chi connectivity index (χ1n) is 6.18. The maximum absolute atomic E-state index is 12.1. The van der Waals surface area contributed by atoms with Crippen molar-refractivity contribution in [1.29, 1.82) is 0 Å². The predicted molar refractivity (Wildman–Crippen MR) is 59.8 cm³/mol. The maximum Gasteiger partial charge on any atom is 0.326 e. The number of carbonyl (C=O) groups is 2. The maximum atomic E-state index is 12.1. The third-order valence-electron chi connectivity index (χ3n) is 2.83. The first-order chi connectivity index (χ1) is 7.97. The first kappa shape index (κ1) is 11.4. The molecule has 5 heteroatoms. The largest absolute Gasteiger partial charge is 0.480 e. The van der Waals surface area contributed by atoms with E-state index in [1.54, 1.807) is 0 Å². The highest BCUT2D eigenvalue weighted by Gasteiger charge is 2.35. The lowest BCUT2D eigenvalue weighted by molar-refractivity contribution is -0.148. The molecule has 3 N–H and O–H groups in total. The molecule has 1 aliphatic heterocycles. The van der Waals surface area contributed by atoms with Crippen LogP contribution in [0.5, 0.6) is 0 Å². The quantitative estimate of drug-likeness (QED) is 0.717. The Balaban J connectivity index is 2.69. The van der Waals surface area contributed by atoms with Crippen LogP contribution in [0.15, 0.2) is 0 Å². The Kier molecular flexibility index (Phi) is 3.77. The van der Waals surface area contributed by atoms with E-state index in [4.69, 9.17) is 6.52 Å². The molecule has 0 radical (unpaired) electrons. The summed E-state index contributed by atoms with van der Waals surface area (Å²) in [7, 11) is 0. The van der Waals surface area contributed by atoms with Gasteiger partial charge in [-0.15, -0.1) is 0 Å². The zero-order valence-electron chi connectivity index (χ0n) is 10.8. The van der Waals surface area contributed by atoms with Gasteiger partial charge in [0.1, 0.15) is 7.45 Å². The molecular weight excluding hydrogens is 208 g/mol. The lowest BCUT2D eigenvalue weighted by atomic mass is 10.0. The minimum Gasteiger partial charge on any atom is -0.480 e. The van der Waals surface area contributed by atoms with Crippen molar-refractivity contribution in [3.8, 4) is 0 Å².